The lowest BCUT2D eigenvalue weighted by atomic mass is 10.2. The maximum atomic E-state index is 11.5. The van der Waals surface area contributed by atoms with E-state index < -0.39 is 17.7 Å². The van der Waals surface area contributed by atoms with Gasteiger partial charge in [0.25, 0.3) is 0 Å². The molecule has 3 N–H and O–H groups in total. The zero-order chi connectivity index (χ0) is 15.3. The summed E-state index contributed by atoms with van der Waals surface area (Å²) in [5.74, 6) is -1.15. The van der Waals surface area contributed by atoms with Crippen molar-refractivity contribution < 1.29 is 19.4 Å². The number of nitrogens with zero attached hydrogens (tertiary/aromatic N) is 2. The lowest BCUT2D eigenvalue weighted by molar-refractivity contribution is 0.0538. The van der Waals surface area contributed by atoms with Crippen LogP contribution in [0, 0.1) is 0 Å². The topological polar surface area (TPSA) is 105 Å². The molecule has 8 heteroatoms. The van der Waals surface area contributed by atoms with Gasteiger partial charge in [0.1, 0.15) is 5.60 Å². The Morgan fingerprint density at radius 2 is 2.20 bits per heavy atom. The minimum Gasteiger partial charge on any atom is -0.476 e. The number of imidazole rings is 1. The van der Waals surface area contributed by atoms with Crippen LogP contribution in [0.3, 0.4) is 0 Å². The first-order chi connectivity index (χ1) is 9.24. The van der Waals surface area contributed by atoms with Gasteiger partial charge in [-0.25, -0.2) is 20.0 Å². The van der Waals surface area contributed by atoms with Gasteiger partial charge in [-0.1, -0.05) is 6.08 Å². The second-order valence-electron chi connectivity index (χ2n) is 4.94. The molecule has 0 aliphatic heterocycles. The average molecular weight is 282 g/mol. The Hall–Kier alpha value is -2.51. The molecule has 0 saturated heterocycles. The molecular formula is C12H18N4O4. The van der Waals surface area contributed by atoms with Gasteiger partial charge in [-0.15, -0.1) is 6.58 Å². The maximum Gasteiger partial charge on any atom is 0.426 e. The Kier molecular flexibility index (Phi) is 4.73. The summed E-state index contributed by atoms with van der Waals surface area (Å²) in [6, 6.07) is 0. The van der Waals surface area contributed by atoms with E-state index in [4.69, 9.17) is 9.84 Å². The second-order valence-corrected chi connectivity index (χ2v) is 4.94. The van der Waals surface area contributed by atoms with E-state index in [1.165, 1.54) is 10.9 Å². The van der Waals surface area contributed by atoms with Gasteiger partial charge in [-0.05, 0) is 20.8 Å². The summed E-state index contributed by atoms with van der Waals surface area (Å²) in [5, 5.41) is 9.13. The third-order valence-corrected chi connectivity index (χ3v) is 2.05. The van der Waals surface area contributed by atoms with Crippen LogP contribution in [0.25, 0.3) is 0 Å². The normalized spacial score (nSPS) is 10.8. The van der Waals surface area contributed by atoms with Crippen molar-refractivity contribution in [2.45, 2.75) is 32.9 Å². The van der Waals surface area contributed by atoms with Crippen LogP contribution in [0.1, 0.15) is 31.3 Å². The zero-order valence-corrected chi connectivity index (χ0v) is 11.6. The standard InChI is InChI=1S/C12H18N4O4/c1-5-6-16-7-13-9(8(16)10(17)18)14-15-11(19)20-12(2,3)4/h5,7,14H,1,6H2,2-4H3,(H,15,19)(H,17,18). The highest BCUT2D eigenvalue weighted by Crippen LogP contribution is 2.13. The fourth-order valence-electron chi connectivity index (χ4n) is 1.39. The van der Waals surface area contributed by atoms with Gasteiger partial charge in [-0.2, -0.15) is 0 Å². The van der Waals surface area contributed by atoms with Crippen molar-refractivity contribution in [3.05, 3.63) is 24.7 Å². The molecule has 110 valence electrons. The fraction of sp³-hybridized carbons (Fsp3) is 0.417. The highest BCUT2D eigenvalue weighted by molar-refractivity contribution is 5.91. The Balaban J connectivity index is 2.76. The lowest BCUT2D eigenvalue weighted by Gasteiger charge is -2.19. The van der Waals surface area contributed by atoms with E-state index in [-0.39, 0.29) is 11.5 Å². The molecule has 0 fully saturated rings. The first-order valence-electron chi connectivity index (χ1n) is 5.89. The van der Waals surface area contributed by atoms with Crippen molar-refractivity contribution in [2.24, 2.45) is 0 Å². The largest absolute Gasteiger partial charge is 0.476 e. The molecule has 0 aliphatic carbocycles. The molecule has 1 rings (SSSR count). The van der Waals surface area contributed by atoms with Crippen molar-refractivity contribution >= 4 is 17.9 Å². The molecule has 0 aliphatic rings. The van der Waals surface area contributed by atoms with Gasteiger partial charge in [0, 0.05) is 6.54 Å². The predicted octanol–water partition coefficient (Wildman–Crippen LogP) is 1.62. The molecule has 8 nitrogen and oxygen atoms in total. The van der Waals surface area contributed by atoms with Crippen LogP contribution in [-0.4, -0.2) is 32.3 Å². The number of anilines is 1. The number of carbonyl (C=O) groups is 2. The van der Waals surface area contributed by atoms with E-state index in [1.807, 2.05) is 0 Å². The number of carbonyl (C=O) groups excluding carboxylic acids is 1. The third kappa shape index (κ3) is 4.30. The molecule has 1 aromatic rings. The minimum atomic E-state index is -1.17. The minimum absolute atomic E-state index is 0.0187. The quantitative estimate of drug-likeness (QED) is 0.560. The molecular weight excluding hydrogens is 264 g/mol. The fourth-order valence-corrected chi connectivity index (χ4v) is 1.39. The van der Waals surface area contributed by atoms with Crippen molar-refractivity contribution in [2.75, 3.05) is 5.43 Å². The number of hydrazine groups is 1. The molecule has 0 saturated carbocycles. The lowest BCUT2D eigenvalue weighted by Crippen LogP contribution is -2.36. The molecule has 1 amide bonds. The van der Waals surface area contributed by atoms with Crippen LogP contribution in [0.2, 0.25) is 0 Å². The number of rotatable bonds is 5. The van der Waals surface area contributed by atoms with Gasteiger partial charge in [0.2, 0.25) is 0 Å². The Morgan fingerprint density at radius 1 is 1.55 bits per heavy atom. The van der Waals surface area contributed by atoms with Crippen molar-refractivity contribution in [3.63, 3.8) is 0 Å². The van der Waals surface area contributed by atoms with E-state index in [1.54, 1.807) is 26.8 Å². The van der Waals surface area contributed by atoms with Gasteiger partial charge in [0.05, 0.1) is 6.33 Å². The summed E-state index contributed by atoms with van der Waals surface area (Å²) in [6.07, 6.45) is 2.15. The average Bonchev–Trinajstić information content (AvgIpc) is 2.67. The highest BCUT2D eigenvalue weighted by Gasteiger charge is 2.20. The molecule has 0 aromatic carbocycles. The summed E-state index contributed by atoms with van der Waals surface area (Å²) in [7, 11) is 0. The molecule has 0 unspecified atom stereocenters. The molecule has 0 radical (unpaired) electrons. The first-order valence-corrected chi connectivity index (χ1v) is 5.89. The highest BCUT2D eigenvalue weighted by atomic mass is 16.6. The number of ether oxygens (including phenoxy) is 1. The van der Waals surface area contributed by atoms with Crippen molar-refractivity contribution in [1.82, 2.24) is 15.0 Å². The summed E-state index contributed by atoms with van der Waals surface area (Å²) in [6.45, 7) is 8.97. The van der Waals surface area contributed by atoms with Crippen LogP contribution >= 0.6 is 0 Å². The number of hydrogen-bond donors (Lipinski definition) is 3. The number of aromatic carboxylic acids is 1. The summed E-state index contributed by atoms with van der Waals surface area (Å²) in [5.41, 5.74) is 3.92. The predicted molar refractivity (Wildman–Crippen MR) is 72.4 cm³/mol. The van der Waals surface area contributed by atoms with Gasteiger partial charge in [0.15, 0.2) is 11.5 Å². The molecule has 20 heavy (non-hydrogen) atoms. The number of carboxylic acid groups (broad SMARTS) is 1. The van der Waals surface area contributed by atoms with Gasteiger partial charge >= 0.3 is 12.1 Å². The maximum absolute atomic E-state index is 11.5. The van der Waals surface area contributed by atoms with E-state index in [0.717, 1.165) is 0 Å². The number of amides is 1. The number of nitrogens with one attached hydrogen (secondary N) is 2. The molecule has 1 aromatic heterocycles. The summed E-state index contributed by atoms with van der Waals surface area (Å²) in [4.78, 5) is 26.5. The van der Waals surface area contributed by atoms with Crippen LogP contribution in [0.4, 0.5) is 10.6 Å². The van der Waals surface area contributed by atoms with Crippen molar-refractivity contribution in [3.8, 4) is 0 Å². The molecule has 1 heterocycles. The first kappa shape index (κ1) is 15.5. The molecule has 0 spiro atoms. The van der Waals surface area contributed by atoms with E-state index in [9.17, 15) is 9.59 Å². The van der Waals surface area contributed by atoms with Gasteiger partial charge < -0.3 is 14.4 Å². The Bertz CT molecular complexity index is 516. The number of carboxylic acids is 1. The van der Waals surface area contributed by atoms with Gasteiger partial charge in [-0.3, -0.25) is 5.43 Å². The van der Waals surface area contributed by atoms with Crippen LogP contribution in [0.15, 0.2) is 19.0 Å². The second kappa shape index (κ2) is 6.09. The van der Waals surface area contributed by atoms with Crippen LogP contribution < -0.4 is 10.9 Å². The van der Waals surface area contributed by atoms with Crippen LogP contribution in [0.5, 0.6) is 0 Å². The van der Waals surface area contributed by atoms with Crippen LogP contribution in [-0.2, 0) is 11.3 Å². The monoisotopic (exact) mass is 282 g/mol. The van der Waals surface area contributed by atoms with Crippen molar-refractivity contribution in [1.29, 1.82) is 0 Å². The number of hydrogen-bond acceptors (Lipinski definition) is 5. The number of allylic oxidation sites excluding steroid dienone is 1. The Morgan fingerprint density at radius 3 is 2.70 bits per heavy atom. The molecule has 0 atom stereocenters. The van der Waals surface area contributed by atoms with E-state index in [2.05, 4.69) is 22.4 Å². The third-order valence-electron chi connectivity index (χ3n) is 2.05. The summed E-state index contributed by atoms with van der Waals surface area (Å²) >= 11 is 0. The van der Waals surface area contributed by atoms with E-state index >= 15 is 0 Å². The molecule has 0 bridgehead atoms. The van der Waals surface area contributed by atoms with E-state index in [0.29, 0.717) is 6.54 Å². The zero-order valence-electron chi connectivity index (χ0n) is 11.6. The SMILES string of the molecule is C=CCn1cnc(NNC(=O)OC(C)(C)C)c1C(=O)O. The Labute approximate surface area is 116 Å². The summed E-state index contributed by atoms with van der Waals surface area (Å²) < 4.78 is 6.39. The number of aromatic nitrogens is 2. The smallest absolute Gasteiger partial charge is 0.426 e.